The van der Waals surface area contributed by atoms with Crippen molar-refractivity contribution >= 4 is 28.5 Å². The van der Waals surface area contributed by atoms with Crippen LogP contribution in [0.2, 0.25) is 5.02 Å². The summed E-state index contributed by atoms with van der Waals surface area (Å²) in [7, 11) is 0. The van der Waals surface area contributed by atoms with Crippen LogP contribution in [0.15, 0.2) is 38.6 Å². The van der Waals surface area contributed by atoms with Gasteiger partial charge in [-0.25, -0.2) is 9.20 Å². The molecule has 0 aliphatic rings. The fraction of sp³-hybridized carbons (Fsp3) is 0.462. The second kappa shape index (κ2) is 10.7. The van der Waals surface area contributed by atoms with E-state index in [1.54, 1.807) is 12.1 Å². The van der Waals surface area contributed by atoms with E-state index < -0.39 is 16.8 Å². The molecule has 0 amide bonds. The fourth-order valence-electron chi connectivity index (χ4n) is 4.51. The second-order valence-corrected chi connectivity index (χ2v) is 9.52. The molecule has 0 spiro atoms. The smallest absolute Gasteiger partial charge is 0.332 e. The molecular formula is C26H32ClN5O4. The van der Waals surface area contributed by atoms with Gasteiger partial charge in [0.1, 0.15) is 0 Å². The standard InChI is InChI=1S/C26H32ClN5O4/c1-4-7-14-29-21-20(24(35)30(26(29)36)15-8-5-2)32-23(34)19(9-6-3)22(33)31(25(32)28-21)16-17-10-12-18(27)13-11-17/h10-13,33H,4-9,14-16H2,1-3H3. The lowest BCUT2D eigenvalue weighted by Gasteiger charge is -2.14. The minimum Gasteiger partial charge on any atom is -0.494 e. The first-order valence-corrected chi connectivity index (χ1v) is 13.0. The van der Waals surface area contributed by atoms with Gasteiger partial charge in [-0.1, -0.05) is 63.8 Å². The van der Waals surface area contributed by atoms with E-state index in [1.165, 1.54) is 18.1 Å². The zero-order chi connectivity index (χ0) is 26.0. The van der Waals surface area contributed by atoms with Crippen molar-refractivity contribution in [3.8, 4) is 5.88 Å². The van der Waals surface area contributed by atoms with Crippen molar-refractivity contribution in [2.45, 2.75) is 78.9 Å². The average molecular weight is 514 g/mol. The maximum absolute atomic E-state index is 13.6. The Labute approximate surface area is 213 Å². The van der Waals surface area contributed by atoms with Crippen LogP contribution >= 0.6 is 11.6 Å². The molecule has 0 bridgehead atoms. The molecule has 0 fully saturated rings. The predicted octanol–water partition coefficient (Wildman–Crippen LogP) is 3.93. The SMILES string of the molecule is CCCCn1c(=O)c2c(nc3n(Cc4ccc(Cl)cc4)c(O)c(CCC)c(=O)n23)n(CCCC)c1=O. The molecule has 4 aromatic rings. The first kappa shape index (κ1) is 25.8. The van der Waals surface area contributed by atoms with E-state index in [2.05, 4.69) is 4.98 Å². The topological polar surface area (TPSA) is 104 Å². The van der Waals surface area contributed by atoms with Crippen LogP contribution < -0.4 is 16.8 Å². The van der Waals surface area contributed by atoms with Crippen molar-refractivity contribution in [1.82, 2.24) is 23.1 Å². The third-order valence-electron chi connectivity index (χ3n) is 6.46. The van der Waals surface area contributed by atoms with Gasteiger partial charge in [0.05, 0.1) is 12.1 Å². The molecule has 0 atom stereocenters. The van der Waals surface area contributed by atoms with Gasteiger partial charge in [0.2, 0.25) is 11.7 Å². The van der Waals surface area contributed by atoms with E-state index in [9.17, 15) is 19.5 Å². The highest BCUT2D eigenvalue weighted by Gasteiger charge is 2.25. The lowest BCUT2D eigenvalue weighted by atomic mass is 10.1. The summed E-state index contributed by atoms with van der Waals surface area (Å²) in [5.74, 6) is -0.0642. The summed E-state index contributed by atoms with van der Waals surface area (Å²) in [4.78, 5) is 45.3. The van der Waals surface area contributed by atoms with Gasteiger partial charge in [0.15, 0.2) is 11.2 Å². The minimum absolute atomic E-state index is 0.0732. The Hall–Kier alpha value is -3.33. The number of hydrogen-bond donors (Lipinski definition) is 1. The van der Waals surface area contributed by atoms with E-state index in [-0.39, 0.29) is 41.5 Å². The second-order valence-electron chi connectivity index (χ2n) is 9.09. The minimum atomic E-state index is -0.535. The number of aromatic nitrogens is 5. The fourth-order valence-corrected chi connectivity index (χ4v) is 4.63. The molecule has 0 radical (unpaired) electrons. The van der Waals surface area contributed by atoms with Gasteiger partial charge >= 0.3 is 5.69 Å². The Balaban J connectivity index is 2.14. The van der Waals surface area contributed by atoms with Gasteiger partial charge in [-0.05, 0) is 37.0 Å². The van der Waals surface area contributed by atoms with E-state index in [0.29, 0.717) is 30.8 Å². The molecular weight excluding hydrogens is 482 g/mol. The van der Waals surface area contributed by atoms with Crippen LogP contribution in [0.5, 0.6) is 5.88 Å². The van der Waals surface area contributed by atoms with E-state index in [0.717, 1.165) is 24.8 Å². The number of aryl methyl sites for hydroxylation is 1. The lowest BCUT2D eigenvalue weighted by Crippen LogP contribution is -2.41. The molecule has 36 heavy (non-hydrogen) atoms. The largest absolute Gasteiger partial charge is 0.494 e. The van der Waals surface area contributed by atoms with Crippen LogP contribution in [0.1, 0.15) is 64.0 Å². The zero-order valence-electron chi connectivity index (χ0n) is 21.0. The first-order chi connectivity index (χ1) is 17.3. The molecule has 4 rings (SSSR count). The molecule has 0 aliphatic heterocycles. The summed E-state index contributed by atoms with van der Waals surface area (Å²) in [5.41, 5.74) is -0.161. The number of fused-ring (bicyclic) bond motifs is 3. The van der Waals surface area contributed by atoms with Gasteiger partial charge in [0, 0.05) is 18.1 Å². The summed E-state index contributed by atoms with van der Waals surface area (Å²) in [6.45, 7) is 6.77. The predicted molar refractivity (Wildman–Crippen MR) is 142 cm³/mol. The average Bonchev–Trinajstić information content (AvgIpc) is 3.26. The molecule has 1 aromatic carbocycles. The van der Waals surface area contributed by atoms with Gasteiger partial charge < -0.3 is 5.11 Å². The summed E-state index contributed by atoms with van der Waals surface area (Å²) in [6, 6.07) is 7.15. The Bertz CT molecular complexity index is 1580. The van der Waals surface area contributed by atoms with Crippen LogP contribution in [0.4, 0.5) is 0 Å². The zero-order valence-corrected chi connectivity index (χ0v) is 21.7. The van der Waals surface area contributed by atoms with Gasteiger partial charge in [-0.3, -0.25) is 23.3 Å². The summed E-state index contributed by atoms with van der Waals surface area (Å²) < 4.78 is 5.51. The van der Waals surface area contributed by atoms with Crippen molar-refractivity contribution in [2.24, 2.45) is 0 Å². The Morgan fingerprint density at radius 3 is 2.11 bits per heavy atom. The van der Waals surface area contributed by atoms with Crippen LogP contribution in [0.3, 0.4) is 0 Å². The molecule has 3 aromatic heterocycles. The van der Waals surface area contributed by atoms with Crippen molar-refractivity contribution in [1.29, 1.82) is 0 Å². The van der Waals surface area contributed by atoms with Crippen molar-refractivity contribution in [3.05, 3.63) is 71.6 Å². The number of halogens is 1. The first-order valence-electron chi connectivity index (χ1n) is 12.6. The third kappa shape index (κ3) is 4.48. The molecule has 192 valence electrons. The van der Waals surface area contributed by atoms with Crippen LogP contribution in [0.25, 0.3) is 16.9 Å². The number of rotatable bonds is 10. The number of aromatic hydroxyl groups is 1. The van der Waals surface area contributed by atoms with E-state index >= 15 is 0 Å². The quantitative estimate of drug-likeness (QED) is 0.346. The molecule has 9 nitrogen and oxygen atoms in total. The Kier molecular flexibility index (Phi) is 7.68. The summed E-state index contributed by atoms with van der Waals surface area (Å²) >= 11 is 6.04. The van der Waals surface area contributed by atoms with Crippen molar-refractivity contribution in [3.63, 3.8) is 0 Å². The molecule has 0 saturated carbocycles. The van der Waals surface area contributed by atoms with Crippen molar-refractivity contribution < 1.29 is 5.11 Å². The summed E-state index contributed by atoms with van der Waals surface area (Å²) in [5, 5.41) is 11.8. The Morgan fingerprint density at radius 2 is 1.50 bits per heavy atom. The number of imidazole rings is 1. The van der Waals surface area contributed by atoms with Crippen LogP contribution in [-0.2, 0) is 26.1 Å². The molecule has 3 heterocycles. The Morgan fingerprint density at radius 1 is 0.861 bits per heavy atom. The third-order valence-corrected chi connectivity index (χ3v) is 6.71. The van der Waals surface area contributed by atoms with E-state index in [4.69, 9.17) is 11.6 Å². The van der Waals surface area contributed by atoms with Crippen molar-refractivity contribution in [2.75, 3.05) is 0 Å². The molecule has 0 saturated heterocycles. The lowest BCUT2D eigenvalue weighted by molar-refractivity contribution is 0.411. The summed E-state index contributed by atoms with van der Waals surface area (Å²) in [6.07, 6.45) is 4.00. The number of benzene rings is 1. The molecule has 10 heteroatoms. The highest BCUT2D eigenvalue weighted by atomic mass is 35.5. The number of unbranched alkanes of at least 4 members (excludes halogenated alkanes) is 2. The van der Waals surface area contributed by atoms with Gasteiger partial charge in [-0.15, -0.1) is 0 Å². The van der Waals surface area contributed by atoms with Gasteiger partial charge in [-0.2, -0.15) is 4.98 Å². The highest BCUT2D eigenvalue weighted by molar-refractivity contribution is 6.30. The number of nitrogens with zero attached hydrogens (tertiary/aromatic N) is 5. The maximum Gasteiger partial charge on any atom is 0.332 e. The van der Waals surface area contributed by atoms with E-state index in [1.807, 2.05) is 32.9 Å². The molecule has 0 unspecified atom stereocenters. The maximum atomic E-state index is 13.6. The normalized spacial score (nSPS) is 11.7. The number of hydrogen-bond acceptors (Lipinski definition) is 5. The van der Waals surface area contributed by atoms with Crippen LogP contribution in [-0.4, -0.2) is 28.2 Å². The highest BCUT2D eigenvalue weighted by Crippen LogP contribution is 2.23. The van der Waals surface area contributed by atoms with Crippen LogP contribution in [0, 0.1) is 0 Å². The molecule has 0 aliphatic carbocycles. The molecule has 1 N–H and O–H groups in total. The van der Waals surface area contributed by atoms with Gasteiger partial charge in [0.25, 0.3) is 11.1 Å². The monoisotopic (exact) mass is 513 g/mol.